The van der Waals surface area contributed by atoms with Crippen molar-refractivity contribution in [1.82, 2.24) is 9.88 Å². The Morgan fingerprint density at radius 2 is 1.56 bits per heavy atom. The van der Waals surface area contributed by atoms with Crippen molar-refractivity contribution < 1.29 is 19.4 Å². The summed E-state index contributed by atoms with van der Waals surface area (Å²) in [6, 6.07) is 11.7. The van der Waals surface area contributed by atoms with Crippen LogP contribution in [0.2, 0.25) is 0 Å². The Morgan fingerprint density at radius 1 is 0.944 bits per heavy atom. The molecule has 1 aliphatic rings. The molecule has 2 aromatic carbocycles. The van der Waals surface area contributed by atoms with E-state index in [2.05, 4.69) is 4.98 Å². The summed E-state index contributed by atoms with van der Waals surface area (Å²) in [4.78, 5) is 32.0. The van der Waals surface area contributed by atoms with Crippen LogP contribution in [0.3, 0.4) is 0 Å². The molecule has 1 unspecified atom stereocenters. The number of hydrogen-bond donors (Lipinski definition) is 1. The van der Waals surface area contributed by atoms with Crippen molar-refractivity contribution in [3.8, 4) is 11.1 Å². The maximum Gasteiger partial charge on any atom is 0.337 e. The lowest BCUT2D eigenvalue weighted by Gasteiger charge is -2.29. The molecule has 36 heavy (non-hydrogen) atoms. The van der Waals surface area contributed by atoms with Crippen LogP contribution in [-0.2, 0) is 22.6 Å². The monoisotopic (exact) mass is 486 g/mol. The highest BCUT2D eigenvalue weighted by atomic mass is 16.5. The zero-order valence-electron chi connectivity index (χ0n) is 22.1. The van der Waals surface area contributed by atoms with Gasteiger partial charge in [0.15, 0.2) is 6.10 Å². The number of hydrogen-bond acceptors (Lipinski definition) is 4. The Labute approximate surface area is 212 Å². The molecule has 1 aliphatic heterocycles. The van der Waals surface area contributed by atoms with Crippen LogP contribution in [0.4, 0.5) is 0 Å². The summed E-state index contributed by atoms with van der Waals surface area (Å²) < 4.78 is 6.13. The second kappa shape index (κ2) is 9.51. The van der Waals surface area contributed by atoms with Gasteiger partial charge in [-0.1, -0.05) is 29.8 Å². The van der Waals surface area contributed by atoms with Gasteiger partial charge in [-0.25, -0.2) is 4.79 Å². The van der Waals surface area contributed by atoms with Crippen LogP contribution in [0.1, 0.15) is 76.3 Å². The molecular formula is C30H34N2O4. The van der Waals surface area contributed by atoms with Crippen LogP contribution in [0.15, 0.2) is 42.6 Å². The van der Waals surface area contributed by atoms with Crippen molar-refractivity contribution >= 4 is 11.9 Å². The van der Waals surface area contributed by atoms with Crippen LogP contribution in [-0.4, -0.2) is 32.5 Å². The number of pyridine rings is 1. The first kappa shape index (κ1) is 25.6. The van der Waals surface area contributed by atoms with Crippen molar-refractivity contribution in [3.63, 3.8) is 0 Å². The van der Waals surface area contributed by atoms with E-state index in [-0.39, 0.29) is 5.91 Å². The fraction of sp³-hybridized carbons (Fsp3) is 0.367. The van der Waals surface area contributed by atoms with Crippen LogP contribution < -0.4 is 0 Å². The molecule has 0 radical (unpaired) electrons. The lowest BCUT2D eigenvalue weighted by Crippen LogP contribution is -2.28. The molecule has 1 aromatic heterocycles. The molecule has 1 atom stereocenters. The normalized spacial score (nSPS) is 14.0. The number of rotatable bonds is 5. The van der Waals surface area contributed by atoms with Gasteiger partial charge in [-0.2, -0.15) is 0 Å². The van der Waals surface area contributed by atoms with Crippen molar-refractivity contribution in [2.45, 2.75) is 73.3 Å². The molecule has 0 saturated carbocycles. The van der Waals surface area contributed by atoms with Gasteiger partial charge in [0.1, 0.15) is 0 Å². The highest BCUT2D eigenvalue weighted by Gasteiger charge is 2.36. The minimum Gasteiger partial charge on any atom is -0.479 e. The van der Waals surface area contributed by atoms with E-state index >= 15 is 0 Å². The topological polar surface area (TPSA) is 79.7 Å². The number of aryl methyl sites for hydroxylation is 2. The average molecular weight is 487 g/mol. The SMILES string of the molecule is Cc1ccc(-c2c(C)c3c(c(C)c2C(OC(C)(C)C)C(=O)O)CN(C(=O)c2ccc(C)nc2)C3)cc1. The smallest absolute Gasteiger partial charge is 0.337 e. The Morgan fingerprint density at radius 3 is 2.08 bits per heavy atom. The summed E-state index contributed by atoms with van der Waals surface area (Å²) in [5.41, 5.74) is 8.24. The Balaban J connectivity index is 1.88. The lowest BCUT2D eigenvalue weighted by atomic mass is 9.83. The maximum absolute atomic E-state index is 13.3. The third-order valence-electron chi connectivity index (χ3n) is 6.76. The Bertz CT molecular complexity index is 1320. The Kier molecular flexibility index (Phi) is 6.76. The molecule has 0 bridgehead atoms. The minimum absolute atomic E-state index is 0.0864. The molecule has 3 aromatic rings. The maximum atomic E-state index is 13.3. The number of aliphatic carboxylic acids is 1. The average Bonchev–Trinajstić information content (AvgIpc) is 3.26. The molecule has 6 nitrogen and oxygen atoms in total. The van der Waals surface area contributed by atoms with E-state index in [0.29, 0.717) is 24.2 Å². The molecule has 6 heteroatoms. The summed E-state index contributed by atoms with van der Waals surface area (Å²) in [6.45, 7) is 14.4. The van der Waals surface area contributed by atoms with Crippen molar-refractivity contribution in [2.24, 2.45) is 0 Å². The number of aromatic nitrogens is 1. The quantitative estimate of drug-likeness (QED) is 0.473. The highest BCUT2D eigenvalue weighted by molar-refractivity contribution is 5.94. The third-order valence-corrected chi connectivity index (χ3v) is 6.76. The molecule has 1 amide bonds. The van der Waals surface area contributed by atoms with Gasteiger partial charge in [0.05, 0.1) is 11.2 Å². The minimum atomic E-state index is -1.14. The standard InChI is InChI=1S/C30H34N2O4/c1-17-8-11-21(12-9-17)25-19(3)23-15-32(28(33)22-13-10-18(2)31-14-22)16-24(23)20(4)26(25)27(29(34)35)36-30(5,6)7/h8-14,27H,15-16H2,1-7H3,(H,34,35). The zero-order chi connectivity index (χ0) is 26.4. The van der Waals surface area contributed by atoms with Gasteiger partial charge in [0.25, 0.3) is 5.91 Å². The van der Waals surface area contributed by atoms with Gasteiger partial charge >= 0.3 is 5.97 Å². The second-order valence-electron chi connectivity index (χ2n) is 10.7. The number of carbonyl (C=O) groups is 2. The first-order chi connectivity index (χ1) is 16.9. The lowest BCUT2D eigenvalue weighted by molar-refractivity contribution is -0.160. The molecule has 0 spiro atoms. The van der Waals surface area contributed by atoms with E-state index in [1.165, 1.54) is 0 Å². The van der Waals surface area contributed by atoms with Crippen LogP contribution >= 0.6 is 0 Å². The number of carboxylic acids is 1. The molecule has 0 saturated heterocycles. The molecule has 0 aliphatic carbocycles. The summed E-state index contributed by atoms with van der Waals surface area (Å²) in [5.74, 6) is -1.12. The van der Waals surface area contributed by atoms with Gasteiger partial charge in [0, 0.05) is 30.5 Å². The van der Waals surface area contributed by atoms with E-state index in [4.69, 9.17) is 4.74 Å². The van der Waals surface area contributed by atoms with E-state index in [9.17, 15) is 14.7 Å². The van der Waals surface area contributed by atoms with E-state index in [1.54, 1.807) is 17.2 Å². The van der Waals surface area contributed by atoms with Gasteiger partial charge in [-0.3, -0.25) is 9.78 Å². The third kappa shape index (κ3) is 4.91. The van der Waals surface area contributed by atoms with Crippen molar-refractivity contribution in [2.75, 3.05) is 0 Å². The fourth-order valence-corrected chi connectivity index (χ4v) is 4.95. The Hall–Kier alpha value is -3.51. The summed E-state index contributed by atoms with van der Waals surface area (Å²) in [6.07, 6.45) is 0.470. The molecule has 4 rings (SSSR count). The molecule has 188 valence electrons. The highest BCUT2D eigenvalue weighted by Crippen LogP contribution is 2.43. The number of amides is 1. The molecule has 0 fully saturated rings. The van der Waals surface area contributed by atoms with Crippen LogP contribution in [0, 0.1) is 27.7 Å². The number of fused-ring (bicyclic) bond motifs is 1. The van der Waals surface area contributed by atoms with Crippen molar-refractivity contribution in [3.05, 3.63) is 87.2 Å². The van der Waals surface area contributed by atoms with Gasteiger partial charge < -0.3 is 14.7 Å². The van der Waals surface area contributed by atoms with Gasteiger partial charge in [-0.15, -0.1) is 0 Å². The molecular weight excluding hydrogens is 452 g/mol. The van der Waals surface area contributed by atoms with E-state index in [0.717, 1.165) is 44.6 Å². The predicted octanol–water partition coefficient (Wildman–Crippen LogP) is 6.08. The number of nitrogens with zero attached hydrogens (tertiary/aromatic N) is 2. The van der Waals surface area contributed by atoms with Crippen LogP contribution in [0.25, 0.3) is 11.1 Å². The summed E-state index contributed by atoms with van der Waals surface area (Å²) in [5, 5.41) is 10.3. The van der Waals surface area contributed by atoms with Crippen LogP contribution in [0.5, 0.6) is 0 Å². The number of ether oxygens (including phenoxy) is 1. The van der Waals surface area contributed by atoms with E-state index in [1.807, 2.05) is 78.8 Å². The largest absolute Gasteiger partial charge is 0.479 e. The summed E-state index contributed by atoms with van der Waals surface area (Å²) >= 11 is 0. The molecule has 2 heterocycles. The van der Waals surface area contributed by atoms with Gasteiger partial charge in [-0.05, 0) is 94.0 Å². The first-order valence-corrected chi connectivity index (χ1v) is 12.2. The second-order valence-corrected chi connectivity index (χ2v) is 10.7. The number of carbonyl (C=O) groups excluding carboxylic acids is 1. The van der Waals surface area contributed by atoms with Gasteiger partial charge in [0.2, 0.25) is 0 Å². The zero-order valence-corrected chi connectivity index (χ0v) is 22.1. The molecule has 1 N–H and O–H groups in total. The van der Waals surface area contributed by atoms with Crippen molar-refractivity contribution in [1.29, 1.82) is 0 Å². The fourth-order valence-electron chi connectivity index (χ4n) is 4.95. The van der Waals surface area contributed by atoms with E-state index < -0.39 is 17.7 Å². The number of carboxylic acid groups (broad SMARTS) is 1. The predicted molar refractivity (Wildman–Crippen MR) is 140 cm³/mol. The summed E-state index contributed by atoms with van der Waals surface area (Å²) in [7, 11) is 0. The number of benzene rings is 2. The first-order valence-electron chi connectivity index (χ1n) is 12.2.